The predicted molar refractivity (Wildman–Crippen MR) is 97.7 cm³/mol. The maximum Gasteiger partial charge on any atom is 0.307 e. The van der Waals surface area contributed by atoms with Crippen molar-refractivity contribution in [3.63, 3.8) is 0 Å². The van der Waals surface area contributed by atoms with Crippen LogP contribution in [0.15, 0.2) is 34.4 Å². The first-order valence-electron chi connectivity index (χ1n) is 8.52. The third kappa shape index (κ3) is 3.00. The largest absolute Gasteiger partial charge is 0.340 e. The minimum atomic E-state index is 0.000179. The second-order valence-electron chi connectivity index (χ2n) is 6.43. The van der Waals surface area contributed by atoms with Crippen LogP contribution in [0.5, 0.6) is 0 Å². The summed E-state index contributed by atoms with van der Waals surface area (Å²) in [6.45, 7) is 3.09. The van der Waals surface area contributed by atoms with E-state index in [4.69, 9.17) is 0 Å². The summed E-state index contributed by atoms with van der Waals surface area (Å²) in [6, 6.07) is 7.91. The SMILES string of the molecule is Cc1csc(=O)n1CCC(=O)N1CCCC1c1nc2ccccc2[nH]1. The van der Waals surface area contributed by atoms with Gasteiger partial charge in [-0.15, -0.1) is 0 Å². The lowest BCUT2D eigenvalue weighted by Gasteiger charge is -2.23. The maximum absolute atomic E-state index is 12.7. The van der Waals surface area contributed by atoms with Crippen LogP contribution in [0.3, 0.4) is 0 Å². The number of imidazole rings is 1. The fourth-order valence-electron chi connectivity index (χ4n) is 3.51. The third-order valence-electron chi connectivity index (χ3n) is 4.82. The number of likely N-dealkylation sites (tertiary alicyclic amines) is 1. The molecule has 1 aromatic carbocycles. The first-order chi connectivity index (χ1) is 12.1. The van der Waals surface area contributed by atoms with Gasteiger partial charge in [0.25, 0.3) is 0 Å². The van der Waals surface area contributed by atoms with Crippen molar-refractivity contribution in [2.75, 3.05) is 6.54 Å². The molecule has 0 radical (unpaired) electrons. The minimum absolute atomic E-state index is 0.000179. The van der Waals surface area contributed by atoms with Crippen molar-refractivity contribution >= 4 is 28.3 Å². The van der Waals surface area contributed by atoms with Gasteiger partial charge < -0.3 is 14.5 Å². The fraction of sp³-hybridized carbons (Fsp3) is 0.389. The first-order valence-corrected chi connectivity index (χ1v) is 9.40. The van der Waals surface area contributed by atoms with Crippen LogP contribution < -0.4 is 4.87 Å². The molecule has 1 aliphatic heterocycles. The lowest BCUT2D eigenvalue weighted by Crippen LogP contribution is -2.32. The Hall–Kier alpha value is -2.41. The van der Waals surface area contributed by atoms with Crippen molar-refractivity contribution < 1.29 is 4.79 Å². The zero-order chi connectivity index (χ0) is 17.4. The quantitative estimate of drug-likeness (QED) is 0.781. The molecule has 1 fully saturated rings. The number of thiazole rings is 1. The summed E-state index contributed by atoms with van der Waals surface area (Å²) in [6.07, 6.45) is 2.24. The van der Waals surface area contributed by atoms with Crippen molar-refractivity contribution in [2.24, 2.45) is 0 Å². The van der Waals surface area contributed by atoms with Crippen LogP contribution in [0.4, 0.5) is 0 Å². The van der Waals surface area contributed by atoms with Gasteiger partial charge in [0.15, 0.2) is 0 Å². The Morgan fingerprint density at radius 3 is 3.00 bits per heavy atom. The van der Waals surface area contributed by atoms with E-state index in [0.717, 1.165) is 41.9 Å². The highest BCUT2D eigenvalue weighted by atomic mass is 32.1. The van der Waals surface area contributed by atoms with E-state index in [1.54, 1.807) is 4.57 Å². The van der Waals surface area contributed by atoms with Crippen LogP contribution in [0, 0.1) is 6.92 Å². The van der Waals surface area contributed by atoms with Gasteiger partial charge in [-0.25, -0.2) is 4.98 Å². The summed E-state index contributed by atoms with van der Waals surface area (Å²) >= 11 is 1.18. The summed E-state index contributed by atoms with van der Waals surface area (Å²) in [5.74, 6) is 0.941. The number of aromatic nitrogens is 3. The molecule has 7 heteroatoms. The number of fused-ring (bicyclic) bond motifs is 1. The molecule has 1 unspecified atom stereocenters. The average molecular weight is 356 g/mol. The molecule has 1 aliphatic rings. The number of amides is 1. The summed E-state index contributed by atoms with van der Waals surface area (Å²) in [5, 5.41) is 1.83. The number of carbonyl (C=O) groups excluding carboxylic acids is 1. The maximum atomic E-state index is 12.7. The molecule has 1 N–H and O–H groups in total. The minimum Gasteiger partial charge on any atom is -0.340 e. The second-order valence-corrected chi connectivity index (χ2v) is 7.25. The predicted octanol–water partition coefficient (Wildman–Crippen LogP) is 2.85. The fourth-order valence-corrected chi connectivity index (χ4v) is 4.27. The van der Waals surface area contributed by atoms with E-state index in [0.29, 0.717) is 13.0 Å². The van der Waals surface area contributed by atoms with E-state index >= 15 is 0 Å². The molecule has 0 aliphatic carbocycles. The van der Waals surface area contributed by atoms with Crippen molar-refractivity contribution in [1.29, 1.82) is 0 Å². The van der Waals surface area contributed by atoms with Crippen molar-refractivity contribution in [2.45, 2.75) is 38.8 Å². The van der Waals surface area contributed by atoms with E-state index in [1.165, 1.54) is 11.3 Å². The van der Waals surface area contributed by atoms with Gasteiger partial charge in [-0.3, -0.25) is 9.59 Å². The van der Waals surface area contributed by atoms with Gasteiger partial charge >= 0.3 is 4.87 Å². The summed E-state index contributed by atoms with van der Waals surface area (Å²) in [4.78, 5) is 34.5. The van der Waals surface area contributed by atoms with Gasteiger partial charge in [-0.05, 0) is 31.9 Å². The van der Waals surface area contributed by atoms with Crippen molar-refractivity contribution in [1.82, 2.24) is 19.4 Å². The smallest absolute Gasteiger partial charge is 0.307 e. The zero-order valence-corrected chi connectivity index (χ0v) is 14.9. The monoisotopic (exact) mass is 356 g/mol. The molecular weight excluding hydrogens is 336 g/mol. The van der Waals surface area contributed by atoms with E-state index in [2.05, 4.69) is 9.97 Å². The Kier molecular flexibility index (Phi) is 4.17. The Morgan fingerprint density at radius 2 is 2.24 bits per heavy atom. The number of nitrogens with zero attached hydrogens (tertiary/aromatic N) is 3. The van der Waals surface area contributed by atoms with Crippen LogP contribution >= 0.6 is 11.3 Å². The normalized spacial score (nSPS) is 17.5. The molecular formula is C18H20N4O2S. The second kappa shape index (κ2) is 6.48. The molecule has 1 amide bonds. The summed E-state index contributed by atoms with van der Waals surface area (Å²) in [7, 11) is 0. The van der Waals surface area contributed by atoms with E-state index in [9.17, 15) is 9.59 Å². The molecule has 130 valence electrons. The number of hydrogen-bond donors (Lipinski definition) is 1. The molecule has 1 atom stereocenters. The molecule has 3 heterocycles. The van der Waals surface area contributed by atoms with Crippen LogP contribution in [-0.2, 0) is 11.3 Å². The zero-order valence-electron chi connectivity index (χ0n) is 14.1. The molecule has 6 nitrogen and oxygen atoms in total. The number of rotatable bonds is 4. The van der Waals surface area contributed by atoms with E-state index in [1.807, 2.05) is 41.5 Å². The first kappa shape index (κ1) is 16.1. The number of para-hydroxylation sites is 2. The van der Waals surface area contributed by atoms with Crippen molar-refractivity contribution in [3.8, 4) is 0 Å². The lowest BCUT2D eigenvalue weighted by atomic mass is 10.2. The number of aryl methyl sites for hydroxylation is 1. The Morgan fingerprint density at radius 1 is 1.40 bits per heavy atom. The molecule has 0 saturated carbocycles. The third-order valence-corrected chi connectivity index (χ3v) is 5.70. The lowest BCUT2D eigenvalue weighted by molar-refractivity contribution is -0.132. The summed E-state index contributed by atoms with van der Waals surface area (Å²) in [5.41, 5.74) is 2.84. The molecule has 2 aromatic heterocycles. The highest BCUT2D eigenvalue weighted by Gasteiger charge is 2.31. The average Bonchev–Trinajstić information content (AvgIpc) is 3.31. The number of hydrogen-bond acceptors (Lipinski definition) is 4. The number of aromatic amines is 1. The number of nitrogens with one attached hydrogen (secondary N) is 1. The van der Waals surface area contributed by atoms with Crippen LogP contribution in [-0.4, -0.2) is 31.9 Å². The molecule has 0 bridgehead atoms. The van der Waals surface area contributed by atoms with Gasteiger partial charge in [0.05, 0.1) is 17.1 Å². The van der Waals surface area contributed by atoms with Crippen molar-refractivity contribution in [3.05, 3.63) is 50.8 Å². The van der Waals surface area contributed by atoms with E-state index in [-0.39, 0.29) is 16.8 Å². The Bertz CT molecular complexity index is 938. The summed E-state index contributed by atoms with van der Waals surface area (Å²) < 4.78 is 1.68. The van der Waals surface area contributed by atoms with Gasteiger partial charge in [0, 0.05) is 30.6 Å². The Balaban J connectivity index is 1.50. The standard InChI is InChI=1S/C18H20N4O2S/c1-12-11-25-18(24)21(12)10-8-16(23)22-9-4-7-15(22)17-19-13-5-2-3-6-14(13)20-17/h2-3,5-6,11,15H,4,7-10H2,1H3,(H,19,20). The van der Waals surface area contributed by atoms with Crippen LogP contribution in [0.1, 0.15) is 36.8 Å². The molecule has 1 saturated heterocycles. The number of carbonyl (C=O) groups is 1. The molecule has 4 rings (SSSR count). The topological polar surface area (TPSA) is 71.0 Å². The number of H-pyrrole nitrogens is 1. The highest BCUT2D eigenvalue weighted by Crippen LogP contribution is 2.31. The van der Waals surface area contributed by atoms with Crippen LogP contribution in [0.2, 0.25) is 0 Å². The molecule has 25 heavy (non-hydrogen) atoms. The van der Waals surface area contributed by atoms with Crippen LogP contribution in [0.25, 0.3) is 11.0 Å². The van der Waals surface area contributed by atoms with E-state index < -0.39 is 0 Å². The number of benzene rings is 1. The molecule has 3 aromatic rings. The van der Waals surface area contributed by atoms with Gasteiger partial charge in [-0.2, -0.15) is 0 Å². The van der Waals surface area contributed by atoms with Gasteiger partial charge in [-0.1, -0.05) is 23.5 Å². The van der Waals surface area contributed by atoms with Gasteiger partial charge in [0.1, 0.15) is 5.82 Å². The van der Waals surface area contributed by atoms with Gasteiger partial charge in [0.2, 0.25) is 5.91 Å². The Labute approximate surface area is 149 Å². The highest BCUT2D eigenvalue weighted by molar-refractivity contribution is 7.07. The molecule has 0 spiro atoms.